The number of aromatic nitrogens is 2. The summed E-state index contributed by atoms with van der Waals surface area (Å²) >= 11 is 1.36. The summed E-state index contributed by atoms with van der Waals surface area (Å²) in [5, 5.41) is 25.1. The van der Waals surface area contributed by atoms with Crippen LogP contribution >= 0.6 is 11.3 Å². The van der Waals surface area contributed by atoms with Gasteiger partial charge in [-0.25, -0.2) is 4.79 Å². The second-order valence-corrected chi connectivity index (χ2v) is 7.69. The lowest BCUT2D eigenvalue weighted by Crippen LogP contribution is -2.36. The molecular formula is C16H20N4O2S. The molecule has 2 aromatic rings. The van der Waals surface area contributed by atoms with Crippen LogP contribution in [-0.2, 0) is 11.8 Å². The van der Waals surface area contributed by atoms with Crippen LogP contribution in [0.5, 0.6) is 0 Å². The second-order valence-electron chi connectivity index (χ2n) is 6.71. The van der Waals surface area contributed by atoms with Gasteiger partial charge in [-0.15, -0.1) is 10.2 Å². The largest absolute Gasteiger partial charge is 0.390 e. The number of hydrogen-bond donors (Lipinski definition) is 3. The lowest BCUT2D eigenvalue weighted by molar-refractivity contribution is 0.144. The number of hydrogen-bond acceptors (Lipinski definition) is 5. The van der Waals surface area contributed by atoms with Crippen LogP contribution in [0.3, 0.4) is 0 Å². The van der Waals surface area contributed by atoms with Crippen molar-refractivity contribution in [3.05, 3.63) is 40.4 Å². The molecule has 1 aromatic heterocycles. The molecule has 3 N–H and O–H groups in total. The predicted octanol–water partition coefficient (Wildman–Crippen LogP) is 2.62. The van der Waals surface area contributed by atoms with Crippen molar-refractivity contribution in [3.8, 4) is 0 Å². The molecule has 1 aliphatic rings. The Morgan fingerprint density at radius 1 is 1.30 bits per heavy atom. The van der Waals surface area contributed by atoms with Gasteiger partial charge in [-0.2, -0.15) is 0 Å². The van der Waals surface area contributed by atoms with Crippen LogP contribution in [0.4, 0.5) is 9.93 Å². The molecule has 0 fully saturated rings. The van der Waals surface area contributed by atoms with E-state index in [4.69, 9.17) is 0 Å². The standard InChI is InChI=1S/C16H20N4O2S/c1-16(2,3)13-19-20-15(23-13)18-14(22)17-12-10-7-5-4-6-9(10)8-11(12)21/h4-7,11-12,21H,8H2,1-3H3,(H2,17,18,20,22)/t11-,12+/m1/s1. The van der Waals surface area contributed by atoms with Crippen LogP contribution in [-0.4, -0.2) is 27.4 Å². The van der Waals surface area contributed by atoms with E-state index in [9.17, 15) is 9.90 Å². The molecule has 0 bridgehead atoms. The lowest BCUT2D eigenvalue weighted by atomic mass is 9.98. The first kappa shape index (κ1) is 15.9. The average molecular weight is 332 g/mol. The number of amides is 2. The molecule has 2 amide bonds. The van der Waals surface area contributed by atoms with Crippen LogP contribution in [0.2, 0.25) is 0 Å². The first-order valence-electron chi connectivity index (χ1n) is 7.52. The van der Waals surface area contributed by atoms with Gasteiger partial charge in [-0.1, -0.05) is 56.4 Å². The van der Waals surface area contributed by atoms with Crippen molar-refractivity contribution in [2.45, 2.75) is 44.8 Å². The molecule has 122 valence electrons. The van der Waals surface area contributed by atoms with Crippen LogP contribution in [0.1, 0.15) is 42.9 Å². The highest BCUT2D eigenvalue weighted by Gasteiger charge is 2.32. The minimum Gasteiger partial charge on any atom is -0.390 e. The average Bonchev–Trinajstić information content (AvgIpc) is 3.04. The number of urea groups is 1. The fraction of sp³-hybridized carbons (Fsp3) is 0.438. The number of rotatable bonds is 2. The van der Waals surface area contributed by atoms with Crippen molar-refractivity contribution in [3.63, 3.8) is 0 Å². The highest BCUT2D eigenvalue weighted by Crippen LogP contribution is 2.31. The van der Waals surface area contributed by atoms with Gasteiger partial charge >= 0.3 is 6.03 Å². The van der Waals surface area contributed by atoms with E-state index < -0.39 is 12.1 Å². The first-order valence-corrected chi connectivity index (χ1v) is 8.33. The normalized spacial score (nSPS) is 20.2. The highest BCUT2D eigenvalue weighted by atomic mass is 32.1. The third-order valence-corrected chi connectivity index (χ3v) is 5.04. The molecular weight excluding hydrogens is 312 g/mol. The summed E-state index contributed by atoms with van der Waals surface area (Å²) in [4.78, 5) is 12.2. The van der Waals surface area contributed by atoms with Crippen LogP contribution in [0, 0.1) is 0 Å². The Hall–Kier alpha value is -1.99. The fourth-order valence-electron chi connectivity index (χ4n) is 2.60. The van der Waals surface area contributed by atoms with Gasteiger partial charge in [0.05, 0.1) is 12.1 Å². The summed E-state index contributed by atoms with van der Waals surface area (Å²) in [6.07, 6.45) is -0.0635. The van der Waals surface area contributed by atoms with Crippen LogP contribution in [0.15, 0.2) is 24.3 Å². The third-order valence-electron chi connectivity index (χ3n) is 3.78. The number of benzene rings is 1. The summed E-state index contributed by atoms with van der Waals surface area (Å²) in [6, 6.07) is 6.95. The molecule has 1 heterocycles. The zero-order valence-corrected chi connectivity index (χ0v) is 14.1. The summed E-state index contributed by atoms with van der Waals surface area (Å²) in [5.74, 6) is 0. The van der Waals surface area contributed by atoms with Crippen molar-refractivity contribution < 1.29 is 9.90 Å². The monoisotopic (exact) mass is 332 g/mol. The maximum Gasteiger partial charge on any atom is 0.321 e. The van der Waals surface area contributed by atoms with E-state index in [1.807, 2.05) is 45.0 Å². The van der Waals surface area contributed by atoms with Crippen molar-refractivity contribution in [2.24, 2.45) is 0 Å². The summed E-state index contributed by atoms with van der Waals surface area (Å²) in [6.45, 7) is 6.13. The first-order chi connectivity index (χ1) is 10.8. The van der Waals surface area contributed by atoms with E-state index in [0.29, 0.717) is 11.6 Å². The number of carbonyl (C=O) groups excluding carboxylic acids is 1. The topological polar surface area (TPSA) is 87.1 Å². The molecule has 0 saturated carbocycles. The Kier molecular flexibility index (Phi) is 4.08. The smallest absolute Gasteiger partial charge is 0.321 e. The van der Waals surface area contributed by atoms with E-state index >= 15 is 0 Å². The lowest BCUT2D eigenvalue weighted by Gasteiger charge is -2.17. The molecule has 7 heteroatoms. The summed E-state index contributed by atoms with van der Waals surface area (Å²) in [5.41, 5.74) is 1.92. The number of aliphatic hydroxyl groups is 1. The number of aliphatic hydroxyl groups excluding tert-OH is 1. The number of carbonyl (C=O) groups is 1. The molecule has 0 aliphatic heterocycles. The number of nitrogens with zero attached hydrogens (tertiary/aromatic N) is 2. The van der Waals surface area contributed by atoms with Crippen molar-refractivity contribution in [2.75, 3.05) is 5.32 Å². The summed E-state index contributed by atoms with van der Waals surface area (Å²) < 4.78 is 0. The van der Waals surface area contributed by atoms with Gasteiger partial charge in [0.15, 0.2) is 0 Å². The van der Waals surface area contributed by atoms with Crippen LogP contribution in [0.25, 0.3) is 0 Å². The van der Waals surface area contributed by atoms with Gasteiger partial charge < -0.3 is 10.4 Å². The van der Waals surface area contributed by atoms with Crippen molar-refractivity contribution >= 4 is 22.5 Å². The Morgan fingerprint density at radius 3 is 2.74 bits per heavy atom. The Labute approximate surface area is 139 Å². The van der Waals surface area contributed by atoms with Gasteiger partial charge in [0.1, 0.15) is 5.01 Å². The Morgan fingerprint density at radius 2 is 2.04 bits per heavy atom. The quantitative estimate of drug-likeness (QED) is 0.789. The third kappa shape index (κ3) is 3.35. The molecule has 0 saturated heterocycles. The molecule has 1 aliphatic carbocycles. The minimum atomic E-state index is -0.613. The molecule has 0 radical (unpaired) electrons. The molecule has 1 aromatic carbocycles. The maximum atomic E-state index is 12.2. The molecule has 0 unspecified atom stereocenters. The maximum absolute atomic E-state index is 12.2. The SMILES string of the molecule is CC(C)(C)c1nnc(NC(=O)N[C@H]2c3ccccc3C[C@H]2O)s1. The fourth-order valence-corrected chi connectivity index (χ4v) is 3.40. The van der Waals surface area contributed by atoms with Gasteiger partial charge in [-0.05, 0) is 11.1 Å². The molecule has 0 spiro atoms. The van der Waals surface area contributed by atoms with E-state index in [0.717, 1.165) is 16.1 Å². The number of anilines is 1. The van der Waals surface area contributed by atoms with E-state index in [1.54, 1.807) is 0 Å². The van der Waals surface area contributed by atoms with Gasteiger partial charge in [0, 0.05) is 11.8 Å². The molecule has 2 atom stereocenters. The molecule has 6 nitrogen and oxygen atoms in total. The molecule has 3 rings (SSSR count). The number of fused-ring (bicyclic) bond motifs is 1. The van der Waals surface area contributed by atoms with Gasteiger partial charge in [-0.3, -0.25) is 5.32 Å². The Balaban J connectivity index is 1.67. The second kappa shape index (κ2) is 5.90. The predicted molar refractivity (Wildman–Crippen MR) is 89.7 cm³/mol. The summed E-state index contributed by atoms with van der Waals surface area (Å²) in [7, 11) is 0. The van der Waals surface area contributed by atoms with E-state index in [1.165, 1.54) is 11.3 Å². The zero-order valence-electron chi connectivity index (χ0n) is 13.3. The van der Waals surface area contributed by atoms with Crippen LogP contribution < -0.4 is 10.6 Å². The van der Waals surface area contributed by atoms with E-state index in [-0.39, 0.29) is 11.4 Å². The Bertz CT molecular complexity index is 723. The van der Waals surface area contributed by atoms with Gasteiger partial charge in [0.25, 0.3) is 0 Å². The minimum absolute atomic E-state index is 0.103. The zero-order chi connectivity index (χ0) is 16.6. The molecule has 23 heavy (non-hydrogen) atoms. The van der Waals surface area contributed by atoms with Crippen molar-refractivity contribution in [1.82, 2.24) is 15.5 Å². The van der Waals surface area contributed by atoms with E-state index in [2.05, 4.69) is 20.8 Å². The highest BCUT2D eigenvalue weighted by molar-refractivity contribution is 7.15. The number of nitrogens with one attached hydrogen (secondary N) is 2. The van der Waals surface area contributed by atoms with Crippen molar-refractivity contribution in [1.29, 1.82) is 0 Å². The van der Waals surface area contributed by atoms with Gasteiger partial charge in [0.2, 0.25) is 5.13 Å².